The van der Waals surface area contributed by atoms with Gasteiger partial charge in [0.05, 0.1) is 26.1 Å². The third kappa shape index (κ3) is 4.67. The normalized spacial score (nSPS) is 11.1. The van der Waals surface area contributed by atoms with Crippen molar-refractivity contribution in [1.29, 1.82) is 0 Å². The van der Waals surface area contributed by atoms with Gasteiger partial charge in [-0.1, -0.05) is 44.2 Å². The summed E-state index contributed by atoms with van der Waals surface area (Å²) in [5.74, 6) is 1.61. The molecule has 7 nitrogen and oxygen atoms in total. The van der Waals surface area contributed by atoms with E-state index in [0.717, 1.165) is 16.8 Å². The molecule has 4 rings (SSSR count). The fraction of sp³-hybridized carbons (Fsp3) is 0.269. The lowest BCUT2D eigenvalue weighted by Gasteiger charge is -2.10. The molecule has 0 aliphatic carbocycles. The van der Waals surface area contributed by atoms with Gasteiger partial charge in [0.1, 0.15) is 5.56 Å². The van der Waals surface area contributed by atoms with Crippen molar-refractivity contribution in [1.82, 2.24) is 19.9 Å². The van der Waals surface area contributed by atoms with E-state index >= 15 is 0 Å². The first kappa shape index (κ1) is 22.3. The van der Waals surface area contributed by atoms with Crippen LogP contribution in [0.15, 0.2) is 60.9 Å². The maximum absolute atomic E-state index is 12.9. The number of fused-ring (bicyclic) bond motifs is 1. The van der Waals surface area contributed by atoms with Crippen LogP contribution >= 0.6 is 0 Å². The van der Waals surface area contributed by atoms with E-state index in [-0.39, 0.29) is 5.91 Å². The maximum Gasteiger partial charge on any atom is 0.256 e. The first-order chi connectivity index (χ1) is 16.0. The molecule has 0 unspecified atom stereocenters. The molecule has 1 amide bonds. The largest absolute Gasteiger partial charge is 0.493 e. The molecule has 0 saturated heterocycles. The highest BCUT2D eigenvalue weighted by atomic mass is 16.5. The van der Waals surface area contributed by atoms with Crippen LogP contribution in [0.25, 0.3) is 16.9 Å². The number of aromatic nitrogens is 3. The van der Waals surface area contributed by atoms with Crippen molar-refractivity contribution in [2.24, 2.45) is 0 Å². The van der Waals surface area contributed by atoms with Crippen molar-refractivity contribution < 1.29 is 14.3 Å². The summed E-state index contributed by atoms with van der Waals surface area (Å²) in [5.41, 5.74) is 5.21. The van der Waals surface area contributed by atoms with Gasteiger partial charge in [-0.2, -0.15) is 5.10 Å². The highest BCUT2D eigenvalue weighted by Gasteiger charge is 2.16. The van der Waals surface area contributed by atoms with Crippen LogP contribution in [0.4, 0.5) is 0 Å². The number of carbonyl (C=O) groups excluding carboxylic acids is 1. The van der Waals surface area contributed by atoms with E-state index in [1.54, 1.807) is 31.1 Å². The number of nitrogens with zero attached hydrogens (tertiary/aromatic N) is 3. The molecule has 2 heterocycles. The van der Waals surface area contributed by atoms with Crippen molar-refractivity contribution in [3.63, 3.8) is 0 Å². The second-order valence-corrected chi connectivity index (χ2v) is 8.10. The van der Waals surface area contributed by atoms with Crippen LogP contribution < -0.4 is 14.8 Å². The molecular formula is C26H28N4O3. The fourth-order valence-electron chi connectivity index (χ4n) is 3.76. The zero-order valence-electron chi connectivity index (χ0n) is 19.3. The van der Waals surface area contributed by atoms with Crippen molar-refractivity contribution in [2.75, 3.05) is 20.8 Å². The quantitative estimate of drug-likeness (QED) is 0.433. The molecule has 0 saturated carbocycles. The summed E-state index contributed by atoms with van der Waals surface area (Å²) in [6.45, 7) is 4.81. The summed E-state index contributed by atoms with van der Waals surface area (Å²) in [6.07, 6.45) is 3.94. The molecule has 2 aromatic carbocycles. The molecule has 0 aliphatic heterocycles. The predicted molar refractivity (Wildman–Crippen MR) is 128 cm³/mol. The lowest BCUT2D eigenvalue weighted by Crippen LogP contribution is -2.25. The molecule has 0 spiro atoms. The lowest BCUT2D eigenvalue weighted by atomic mass is 10.0. The van der Waals surface area contributed by atoms with Gasteiger partial charge in [-0.05, 0) is 41.7 Å². The summed E-state index contributed by atoms with van der Waals surface area (Å²) in [5, 5.41) is 7.41. The zero-order chi connectivity index (χ0) is 23.4. The van der Waals surface area contributed by atoms with Crippen LogP contribution in [0.5, 0.6) is 11.5 Å². The molecule has 0 atom stereocenters. The standard InChI is InChI=1S/C26H28N4O3/c1-17(2)19-6-8-20(9-7-19)22-12-14-27-25-21(16-29-30(22)25)26(31)28-13-11-18-5-10-23(32-3)24(15-18)33-4/h5-10,12,14-17H,11,13H2,1-4H3,(H,28,31). The Morgan fingerprint density at radius 2 is 1.79 bits per heavy atom. The second-order valence-electron chi connectivity index (χ2n) is 8.10. The third-order valence-electron chi connectivity index (χ3n) is 5.67. The fourth-order valence-corrected chi connectivity index (χ4v) is 3.76. The Kier molecular flexibility index (Phi) is 6.58. The van der Waals surface area contributed by atoms with Gasteiger partial charge in [0, 0.05) is 18.3 Å². The van der Waals surface area contributed by atoms with Gasteiger partial charge in [0.2, 0.25) is 0 Å². The molecule has 170 valence electrons. The Bertz CT molecular complexity index is 1260. The van der Waals surface area contributed by atoms with E-state index in [1.165, 1.54) is 5.56 Å². The molecule has 7 heteroatoms. The number of amides is 1. The molecule has 1 N–H and O–H groups in total. The summed E-state index contributed by atoms with van der Waals surface area (Å²) in [4.78, 5) is 17.3. The summed E-state index contributed by atoms with van der Waals surface area (Å²) in [6, 6.07) is 16.0. The SMILES string of the molecule is COc1ccc(CCNC(=O)c2cnn3c(-c4ccc(C(C)C)cc4)ccnc23)cc1OC. The van der Waals surface area contributed by atoms with Gasteiger partial charge < -0.3 is 14.8 Å². The molecular weight excluding hydrogens is 416 g/mol. The number of nitrogens with one attached hydrogen (secondary N) is 1. The first-order valence-corrected chi connectivity index (χ1v) is 10.9. The van der Waals surface area contributed by atoms with Gasteiger partial charge in [-0.15, -0.1) is 0 Å². The van der Waals surface area contributed by atoms with Crippen molar-refractivity contribution in [3.8, 4) is 22.8 Å². The van der Waals surface area contributed by atoms with Crippen LogP contribution in [-0.2, 0) is 6.42 Å². The van der Waals surface area contributed by atoms with Crippen LogP contribution in [0.1, 0.15) is 41.3 Å². The van der Waals surface area contributed by atoms with Gasteiger partial charge in [-0.25, -0.2) is 9.50 Å². The Hall–Kier alpha value is -3.87. The number of rotatable bonds is 8. The topological polar surface area (TPSA) is 77.8 Å². The minimum atomic E-state index is -0.203. The van der Waals surface area contributed by atoms with E-state index in [2.05, 4.69) is 53.5 Å². The maximum atomic E-state index is 12.9. The molecule has 2 aromatic heterocycles. The smallest absolute Gasteiger partial charge is 0.256 e. The Balaban J connectivity index is 1.49. The number of benzene rings is 2. The highest BCUT2D eigenvalue weighted by Crippen LogP contribution is 2.27. The average Bonchev–Trinajstić information content (AvgIpc) is 3.28. The minimum Gasteiger partial charge on any atom is -0.493 e. The van der Waals surface area contributed by atoms with Crippen molar-refractivity contribution in [3.05, 3.63) is 77.6 Å². The summed E-state index contributed by atoms with van der Waals surface area (Å²) >= 11 is 0. The van der Waals surface area contributed by atoms with Gasteiger partial charge in [0.15, 0.2) is 17.1 Å². The molecule has 0 bridgehead atoms. The Labute approximate surface area is 193 Å². The lowest BCUT2D eigenvalue weighted by molar-refractivity contribution is 0.0955. The molecule has 33 heavy (non-hydrogen) atoms. The van der Waals surface area contributed by atoms with Crippen LogP contribution in [0.3, 0.4) is 0 Å². The van der Waals surface area contributed by atoms with Gasteiger partial charge in [-0.3, -0.25) is 4.79 Å². The molecule has 0 radical (unpaired) electrons. The van der Waals surface area contributed by atoms with Crippen LogP contribution in [0.2, 0.25) is 0 Å². The van der Waals surface area contributed by atoms with Crippen LogP contribution in [-0.4, -0.2) is 41.3 Å². The summed E-state index contributed by atoms with van der Waals surface area (Å²) < 4.78 is 12.3. The number of hydrogen-bond acceptors (Lipinski definition) is 5. The molecule has 4 aromatic rings. The van der Waals surface area contributed by atoms with E-state index in [9.17, 15) is 4.79 Å². The molecule has 0 fully saturated rings. The zero-order valence-corrected chi connectivity index (χ0v) is 19.3. The Morgan fingerprint density at radius 1 is 1.03 bits per heavy atom. The predicted octanol–water partition coefficient (Wildman–Crippen LogP) is 4.51. The second kappa shape index (κ2) is 9.73. The molecule has 0 aliphatic rings. The van der Waals surface area contributed by atoms with E-state index in [4.69, 9.17) is 9.47 Å². The highest BCUT2D eigenvalue weighted by molar-refractivity contribution is 5.99. The summed E-state index contributed by atoms with van der Waals surface area (Å²) in [7, 11) is 3.21. The van der Waals surface area contributed by atoms with Gasteiger partial charge in [0.25, 0.3) is 5.91 Å². The number of hydrogen-bond donors (Lipinski definition) is 1. The van der Waals surface area contributed by atoms with Crippen molar-refractivity contribution >= 4 is 11.6 Å². The number of carbonyl (C=O) groups is 1. The third-order valence-corrected chi connectivity index (χ3v) is 5.67. The average molecular weight is 445 g/mol. The van der Waals surface area contributed by atoms with E-state index in [1.807, 2.05) is 24.3 Å². The van der Waals surface area contributed by atoms with E-state index in [0.29, 0.717) is 41.6 Å². The minimum absolute atomic E-state index is 0.203. The first-order valence-electron chi connectivity index (χ1n) is 10.9. The van der Waals surface area contributed by atoms with Crippen molar-refractivity contribution in [2.45, 2.75) is 26.2 Å². The Morgan fingerprint density at radius 3 is 2.48 bits per heavy atom. The number of ether oxygens (including phenoxy) is 2. The number of methoxy groups -OCH3 is 2. The monoisotopic (exact) mass is 444 g/mol. The van der Waals surface area contributed by atoms with Crippen LogP contribution in [0, 0.1) is 0 Å². The van der Waals surface area contributed by atoms with Gasteiger partial charge >= 0.3 is 0 Å². The van der Waals surface area contributed by atoms with E-state index < -0.39 is 0 Å².